The SMILES string of the molecule is CCOC(=O)C1(C(=O)OCC)C(C(OC(C)=O)c2ccccc2)CC[C@@H]2CC(=O)N21. The highest BCUT2D eigenvalue weighted by Crippen LogP contribution is 2.50. The zero-order chi connectivity index (χ0) is 21.9. The predicted molar refractivity (Wildman–Crippen MR) is 105 cm³/mol. The summed E-state index contributed by atoms with van der Waals surface area (Å²) in [6.45, 7) is 4.59. The molecule has 0 aromatic heterocycles. The van der Waals surface area contributed by atoms with E-state index < -0.39 is 35.5 Å². The summed E-state index contributed by atoms with van der Waals surface area (Å²) in [5, 5.41) is 0. The number of esters is 3. The fourth-order valence-corrected chi connectivity index (χ4v) is 4.60. The van der Waals surface area contributed by atoms with Crippen LogP contribution in [0.3, 0.4) is 0 Å². The number of nitrogens with zero attached hydrogens (tertiary/aromatic N) is 1. The van der Waals surface area contributed by atoms with E-state index in [9.17, 15) is 19.2 Å². The van der Waals surface area contributed by atoms with Gasteiger partial charge in [0.05, 0.1) is 13.2 Å². The fourth-order valence-electron chi connectivity index (χ4n) is 4.60. The maximum absolute atomic E-state index is 13.3. The lowest BCUT2D eigenvalue weighted by Gasteiger charge is -2.57. The van der Waals surface area contributed by atoms with Gasteiger partial charge in [0.1, 0.15) is 6.10 Å². The topological polar surface area (TPSA) is 99.2 Å². The van der Waals surface area contributed by atoms with Crippen LogP contribution in [0.15, 0.2) is 30.3 Å². The molecule has 0 bridgehead atoms. The van der Waals surface area contributed by atoms with Crippen LogP contribution < -0.4 is 0 Å². The van der Waals surface area contributed by atoms with Crippen molar-refractivity contribution in [2.24, 2.45) is 5.92 Å². The fraction of sp³-hybridized carbons (Fsp3) is 0.545. The maximum atomic E-state index is 13.3. The summed E-state index contributed by atoms with van der Waals surface area (Å²) in [6.07, 6.45) is 0.309. The Morgan fingerprint density at radius 2 is 1.67 bits per heavy atom. The van der Waals surface area contributed by atoms with Crippen LogP contribution in [-0.2, 0) is 33.4 Å². The van der Waals surface area contributed by atoms with Gasteiger partial charge in [-0.2, -0.15) is 0 Å². The normalized spacial score (nSPS) is 22.9. The van der Waals surface area contributed by atoms with Gasteiger partial charge in [0.15, 0.2) is 0 Å². The summed E-state index contributed by atoms with van der Waals surface area (Å²) in [4.78, 5) is 52.6. The van der Waals surface area contributed by atoms with Crippen molar-refractivity contribution in [1.29, 1.82) is 0 Å². The first-order chi connectivity index (χ1) is 14.4. The second-order valence-electron chi connectivity index (χ2n) is 7.45. The van der Waals surface area contributed by atoms with Gasteiger partial charge in [-0.05, 0) is 32.3 Å². The van der Waals surface area contributed by atoms with Crippen LogP contribution in [0.2, 0.25) is 0 Å². The Bertz CT molecular complexity index is 804. The van der Waals surface area contributed by atoms with E-state index in [-0.39, 0.29) is 31.6 Å². The van der Waals surface area contributed by atoms with Gasteiger partial charge in [-0.15, -0.1) is 0 Å². The van der Waals surface area contributed by atoms with Gasteiger partial charge in [-0.1, -0.05) is 30.3 Å². The Kier molecular flexibility index (Phi) is 6.43. The number of benzene rings is 1. The minimum Gasteiger partial charge on any atom is -0.464 e. The summed E-state index contributed by atoms with van der Waals surface area (Å²) in [7, 11) is 0. The van der Waals surface area contributed by atoms with Gasteiger partial charge in [-0.3, -0.25) is 9.59 Å². The average Bonchev–Trinajstić information content (AvgIpc) is 2.71. The third-order valence-corrected chi connectivity index (χ3v) is 5.73. The van der Waals surface area contributed by atoms with Crippen LogP contribution in [0.5, 0.6) is 0 Å². The van der Waals surface area contributed by atoms with E-state index in [0.717, 1.165) is 0 Å². The van der Waals surface area contributed by atoms with Crippen LogP contribution in [-0.4, -0.2) is 53.5 Å². The second kappa shape index (κ2) is 8.85. The van der Waals surface area contributed by atoms with E-state index in [1.165, 1.54) is 11.8 Å². The standard InChI is InChI=1S/C22H27NO7/c1-4-28-20(26)22(21(27)29-5-2)17(12-11-16-13-18(25)23(16)22)19(30-14(3)24)15-9-7-6-8-10-15/h6-10,16-17,19H,4-5,11-13H2,1-3H3/t16-,17?,19?/m1/s1. The highest BCUT2D eigenvalue weighted by molar-refractivity contribution is 6.10. The van der Waals surface area contributed by atoms with Crippen LogP contribution in [0.4, 0.5) is 0 Å². The van der Waals surface area contributed by atoms with Crippen molar-refractivity contribution < 1.29 is 33.4 Å². The van der Waals surface area contributed by atoms with Gasteiger partial charge in [-0.25, -0.2) is 9.59 Å². The van der Waals surface area contributed by atoms with Crippen molar-refractivity contribution in [2.45, 2.75) is 57.7 Å². The number of β-lactam (4-membered cyclic amide) rings is 1. The number of hydrogen-bond donors (Lipinski definition) is 0. The molecular weight excluding hydrogens is 390 g/mol. The molecule has 3 rings (SSSR count). The quantitative estimate of drug-likeness (QED) is 0.290. The van der Waals surface area contributed by atoms with Gasteiger partial charge in [0.25, 0.3) is 0 Å². The van der Waals surface area contributed by atoms with Crippen LogP contribution in [0, 0.1) is 5.92 Å². The molecule has 162 valence electrons. The largest absolute Gasteiger partial charge is 0.464 e. The van der Waals surface area contributed by atoms with E-state index in [2.05, 4.69) is 0 Å². The summed E-state index contributed by atoms with van der Waals surface area (Å²) in [6, 6.07) is 8.65. The van der Waals surface area contributed by atoms with Crippen molar-refractivity contribution in [3.05, 3.63) is 35.9 Å². The number of carbonyl (C=O) groups excluding carboxylic acids is 4. The first-order valence-electron chi connectivity index (χ1n) is 10.3. The molecule has 0 aliphatic carbocycles. The lowest BCUT2D eigenvalue weighted by Crippen LogP contribution is -2.77. The average molecular weight is 417 g/mol. The molecule has 2 heterocycles. The molecule has 1 aromatic carbocycles. The summed E-state index contributed by atoms with van der Waals surface area (Å²) < 4.78 is 16.2. The number of fused-ring (bicyclic) bond motifs is 1. The molecule has 2 fully saturated rings. The minimum atomic E-state index is -2.00. The number of hydrogen-bond acceptors (Lipinski definition) is 7. The molecule has 1 amide bonds. The molecule has 30 heavy (non-hydrogen) atoms. The Morgan fingerprint density at radius 3 is 2.17 bits per heavy atom. The molecule has 0 radical (unpaired) electrons. The third kappa shape index (κ3) is 3.55. The van der Waals surface area contributed by atoms with Crippen LogP contribution in [0.1, 0.15) is 51.7 Å². The number of rotatable bonds is 7. The predicted octanol–water partition coefficient (Wildman–Crippen LogP) is 2.17. The summed E-state index contributed by atoms with van der Waals surface area (Å²) >= 11 is 0. The van der Waals surface area contributed by atoms with Crippen LogP contribution >= 0.6 is 0 Å². The van der Waals surface area contributed by atoms with Crippen LogP contribution in [0.25, 0.3) is 0 Å². The summed E-state index contributed by atoms with van der Waals surface area (Å²) in [5.41, 5.74) is -1.37. The van der Waals surface area contributed by atoms with Crippen molar-refractivity contribution >= 4 is 23.8 Å². The van der Waals surface area contributed by atoms with Crippen molar-refractivity contribution in [1.82, 2.24) is 4.90 Å². The Morgan fingerprint density at radius 1 is 1.07 bits per heavy atom. The molecule has 0 spiro atoms. The van der Waals surface area contributed by atoms with E-state index in [1.54, 1.807) is 38.1 Å². The Labute approximate surface area is 175 Å². The highest BCUT2D eigenvalue weighted by Gasteiger charge is 2.69. The van der Waals surface area contributed by atoms with Crippen molar-refractivity contribution in [2.75, 3.05) is 13.2 Å². The summed E-state index contributed by atoms with van der Waals surface area (Å²) in [5.74, 6) is -3.41. The molecule has 1 aromatic rings. The van der Waals surface area contributed by atoms with Gasteiger partial charge < -0.3 is 19.1 Å². The maximum Gasteiger partial charge on any atom is 0.344 e. The monoisotopic (exact) mass is 417 g/mol. The Balaban J connectivity index is 2.19. The van der Waals surface area contributed by atoms with Gasteiger partial charge in [0, 0.05) is 25.3 Å². The highest BCUT2D eigenvalue weighted by atomic mass is 16.6. The minimum absolute atomic E-state index is 0.0307. The molecule has 8 nitrogen and oxygen atoms in total. The lowest BCUT2D eigenvalue weighted by atomic mass is 9.66. The third-order valence-electron chi connectivity index (χ3n) is 5.73. The smallest absolute Gasteiger partial charge is 0.344 e. The van der Waals surface area contributed by atoms with E-state index in [4.69, 9.17) is 14.2 Å². The number of piperidine rings is 1. The molecule has 3 atom stereocenters. The lowest BCUT2D eigenvalue weighted by molar-refractivity contribution is -0.210. The molecule has 2 aliphatic heterocycles. The molecule has 8 heteroatoms. The van der Waals surface area contributed by atoms with E-state index in [0.29, 0.717) is 18.4 Å². The zero-order valence-electron chi connectivity index (χ0n) is 17.5. The number of amides is 1. The van der Waals surface area contributed by atoms with E-state index in [1.807, 2.05) is 6.07 Å². The molecular formula is C22H27NO7. The second-order valence-corrected chi connectivity index (χ2v) is 7.45. The number of ether oxygens (including phenoxy) is 3. The first-order valence-corrected chi connectivity index (χ1v) is 10.3. The van der Waals surface area contributed by atoms with Gasteiger partial charge >= 0.3 is 17.9 Å². The molecule has 0 saturated carbocycles. The molecule has 2 unspecified atom stereocenters. The van der Waals surface area contributed by atoms with Gasteiger partial charge in [0.2, 0.25) is 11.4 Å². The van der Waals surface area contributed by atoms with Crippen molar-refractivity contribution in [3.63, 3.8) is 0 Å². The zero-order valence-corrected chi connectivity index (χ0v) is 17.5. The van der Waals surface area contributed by atoms with E-state index >= 15 is 0 Å². The number of carbonyl (C=O) groups is 4. The first kappa shape index (κ1) is 21.8. The molecule has 2 aliphatic rings. The molecule has 0 N–H and O–H groups in total. The van der Waals surface area contributed by atoms with Crippen molar-refractivity contribution in [3.8, 4) is 0 Å². The molecule has 2 saturated heterocycles. The Hall–Kier alpha value is -2.90.